The van der Waals surface area contributed by atoms with Gasteiger partial charge in [-0.05, 0) is 87.1 Å². The normalized spacial score (nSPS) is 11.9. The molecule has 0 spiro atoms. The van der Waals surface area contributed by atoms with E-state index >= 15 is 0 Å². The second kappa shape index (κ2) is 18.8. The van der Waals surface area contributed by atoms with Crippen LogP contribution in [-0.2, 0) is 26.5 Å². The van der Waals surface area contributed by atoms with Crippen LogP contribution in [0.5, 0.6) is 0 Å². The Labute approximate surface area is 389 Å². The number of para-hydroxylation sites is 3. The van der Waals surface area contributed by atoms with Crippen molar-refractivity contribution in [2.24, 2.45) is 5.41 Å². The minimum Gasteiger partial charge on any atom is -0.501 e. The van der Waals surface area contributed by atoms with Crippen molar-refractivity contribution in [2.45, 2.75) is 92.8 Å². The van der Waals surface area contributed by atoms with Gasteiger partial charge in [0.05, 0.1) is 30.5 Å². The first-order valence-electron chi connectivity index (χ1n) is 22.2. The summed E-state index contributed by atoms with van der Waals surface area (Å²) in [5, 5.41) is 3.68. The fourth-order valence-electron chi connectivity index (χ4n) is 8.55. The smallest absolute Gasteiger partial charge is 0.120 e. The van der Waals surface area contributed by atoms with E-state index in [1.807, 2.05) is 30.3 Å². The molecule has 0 saturated heterocycles. The van der Waals surface area contributed by atoms with Crippen LogP contribution in [0.15, 0.2) is 144 Å². The molecule has 323 valence electrons. The summed E-state index contributed by atoms with van der Waals surface area (Å²) < 4.78 is 8.83. The molecule has 0 aliphatic carbocycles. The van der Waals surface area contributed by atoms with Crippen LogP contribution in [0.3, 0.4) is 0 Å². The Morgan fingerprint density at radius 3 is 2.05 bits per heavy atom. The molecule has 0 unspecified atom stereocenters. The third-order valence-electron chi connectivity index (χ3n) is 12.3. The van der Waals surface area contributed by atoms with Gasteiger partial charge in [-0.1, -0.05) is 158 Å². The van der Waals surface area contributed by atoms with Crippen molar-refractivity contribution in [3.8, 4) is 39.5 Å². The predicted octanol–water partition coefficient (Wildman–Crippen LogP) is 15.4. The van der Waals surface area contributed by atoms with Gasteiger partial charge >= 0.3 is 0 Å². The number of imidazole rings is 1. The maximum Gasteiger partial charge on any atom is 0.120 e. The Morgan fingerprint density at radius 1 is 0.714 bits per heavy atom. The van der Waals surface area contributed by atoms with Crippen LogP contribution in [0, 0.1) is 17.5 Å². The molecule has 0 bridgehead atoms. The largest absolute Gasteiger partial charge is 0.501 e. The number of aromatic nitrogens is 3. The van der Waals surface area contributed by atoms with E-state index in [0.29, 0.717) is 17.3 Å². The van der Waals surface area contributed by atoms with Crippen molar-refractivity contribution in [1.82, 2.24) is 14.5 Å². The summed E-state index contributed by atoms with van der Waals surface area (Å²) in [5.41, 5.74) is 14.8. The minimum atomic E-state index is -1.39. The van der Waals surface area contributed by atoms with Gasteiger partial charge in [-0.3, -0.25) is 4.98 Å². The molecule has 0 aliphatic heterocycles. The topological polar surface area (TPSA) is 43.9 Å². The van der Waals surface area contributed by atoms with E-state index in [2.05, 4.69) is 194 Å². The van der Waals surface area contributed by atoms with Crippen molar-refractivity contribution in [3.63, 3.8) is 0 Å². The second-order valence-corrected chi connectivity index (χ2v) is 24.1. The first kappa shape index (κ1) is 45.6. The van der Waals surface area contributed by atoms with Gasteiger partial charge in [-0.15, -0.1) is 54.1 Å². The molecule has 1 radical (unpaired) electrons. The number of hydrogen-bond acceptors (Lipinski definition) is 3. The fraction of sp³-hybridized carbons (Fsp3) is 0.263. The minimum absolute atomic E-state index is 0. The van der Waals surface area contributed by atoms with Crippen molar-refractivity contribution in [2.75, 3.05) is 0 Å². The van der Waals surface area contributed by atoms with Gasteiger partial charge in [-0.25, -0.2) is 0 Å². The number of rotatable bonds is 10. The van der Waals surface area contributed by atoms with Crippen LogP contribution in [0.4, 0.5) is 0 Å². The predicted molar refractivity (Wildman–Crippen MR) is 265 cm³/mol. The number of hydrogen-bond donors (Lipinski definition) is 0. The average Bonchev–Trinajstić information content (AvgIpc) is 3.85. The molecule has 3 heterocycles. The summed E-state index contributed by atoms with van der Waals surface area (Å²) in [4.78, 5) is 9.97. The van der Waals surface area contributed by atoms with Crippen LogP contribution < -0.4 is 5.19 Å². The van der Waals surface area contributed by atoms with Crippen molar-refractivity contribution >= 4 is 46.2 Å². The molecule has 3 aromatic heterocycles. The van der Waals surface area contributed by atoms with Gasteiger partial charge in [0.25, 0.3) is 0 Å². The standard InChI is InChI=1S/C37H31N2O.C20H28NSi.Ir/c1-23(2)30-21-26(25-13-6-5-7-14-25)22-31(24(3)4)35(30)39-33-19-10-9-18-32(33)38-37(39)29-17-12-16-28-27-15-8-11-20-34(27)40-36(28)29;1-7-20(2,3)14-17-13-18(16-11-9-8-10-12-16)21-15-19(17)22(4,5)6;/h5-16,18-24H,1-4H3;8-11,13,15H,7,14H2,1-6H3;/q2*-1;. The molecule has 6 heteroatoms. The summed E-state index contributed by atoms with van der Waals surface area (Å²) in [6.07, 6.45) is 4.43. The summed E-state index contributed by atoms with van der Waals surface area (Å²) in [5.74, 6) is 1.45. The number of fused-ring (bicyclic) bond motifs is 4. The molecule has 0 saturated carbocycles. The number of nitrogens with zero attached hydrogens (tertiary/aromatic N) is 3. The molecule has 6 aromatic carbocycles. The molecule has 0 amide bonds. The van der Waals surface area contributed by atoms with Gasteiger partial charge in [0.15, 0.2) is 0 Å². The van der Waals surface area contributed by atoms with E-state index in [4.69, 9.17) is 14.4 Å². The van der Waals surface area contributed by atoms with Crippen LogP contribution in [0.2, 0.25) is 19.6 Å². The van der Waals surface area contributed by atoms with E-state index in [1.165, 1.54) is 45.1 Å². The summed E-state index contributed by atoms with van der Waals surface area (Å²) in [6, 6.07) is 53.3. The number of benzene rings is 6. The molecule has 9 rings (SSSR count). The third kappa shape index (κ3) is 9.46. The average molecular weight is 1020 g/mol. The van der Waals surface area contributed by atoms with Crippen molar-refractivity contribution in [3.05, 3.63) is 168 Å². The first-order chi connectivity index (χ1) is 29.7. The number of pyridine rings is 1. The molecular formula is C57H59IrN3OSi-2. The molecule has 0 N–H and O–H groups in total. The van der Waals surface area contributed by atoms with Crippen LogP contribution in [0.25, 0.3) is 72.4 Å². The third-order valence-corrected chi connectivity index (χ3v) is 14.3. The van der Waals surface area contributed by atoms with Gasteiger partial charge in [0.2, 0.25) is 0 Å². The van der Waals surface area contributed by atoms with E-state index in [9.17, 15) is 0 Å². The Kier molecular flexibility index (Phi) is 13.6. The fourth-order valence-corrected chi connectivity index (χ4v) is 10.1. The van der Waals surface area contributed by atoms with Crippen LogP contribution in [-0.4, -0.2) is 22.6 Å². The second-order valence-electron chi connectivity index (χ2n) is 19.1. The van der Waals surface area contributed by atoms with Crippen molar-refractivity contribution in [1.29, 1.82) is 0 Å². The van der Waals surface area contributed by atoms with E-state index in [1.54, 1.807) is 0 Å². The number of furan rings is 1. The Morgan fingerprint density at radius 2 is 1.38 bits per heavy atom. The van der Waals surface area contributed by atoms with E-state index in [0.717, 1.165) is 62.0 Å². The van der Waals surface area contributed by atoms with Crippen molar-refractivity contribution < 1.29 is 24.5 Å². The molecule has 4 nitrogen and oxygen atoms in total. The molecule has 0 aliphatic rings. The van der Waals surface area contributed by atoms with Gasteiger partial charge < -0.3 is 14.0 Å². The Bertz CT molecular complexity index is 2960. The zero-order chi connectivity index (χ0) is 43.8. The van der Waals surface area contributed by atoms with E-state index < -0.39 is 8.07 Å². The monoisotopic (exact) mass is 1020 g/mol. The molecule has 0 fully saturated rings. The van der Waals surface area contributed by atoms with Gasteiger partial charge in [0, 0.05) is 37.4 Å². The Balaban J connectivity index is 0.000000221. The van der Waals surface area contributed by atoms with E-state index in [-0.39, 0.29) is 20.1 Å². The van der Waals surface area contributed by atoms with Gasteiger partial charge in [-0.2, -0.15) is 0 Å². The Hall–Kier alpha value is -5.39. The summed E-state index contributed by atoms with van der Waals surface area (Å²) in [6.45, 7) is 23.3. The summed E-state index contributed by atoms with van der Waals surface area (Å²) >= 11 is 0. The molecule has 9 aromatic rings. The van der Waals surface area contributed by atoms with Crippen LogP contribution in [0.1, 0.15) is 83.4 Å². The maximum atomic E-state index is 6.47. The molecular weight excluding hydrogens is 963 g/mol. The summed E-state index contributed by atoms with van der Waals surface area (Å²) in [7, 11) is -1.39. The zero-order valence-corrected chi connectivity index (χ0v) is 41.8. The zero-order valence-electron chi connectivity index (χ0n) is 38.4. The maximum absolute atomic E-state index is 6.47. The van der Waals surface area contributed by atoms with Gasteiger partial charge in [0.1, 0.15) is 5.58 Å². The molecule has 63 heavy (non-hydrogen) atoms. The van der Waals surface area contributed by atoms with Crippen LogP contribution >= 0.6 is 0 Å². The SMILES string of the molecule is CC(C)c1cc(-c2ccccc2)cc(C(C)C)c1-n1c(-c2[c-]ccc3c2oc2ccccc23)nc2ccccc21.CCC(C)(C)Cc1cc(-c2[c-]cccc2)ncc1[Si](C)(C)C.[Ir]. The first-order valence-corrected chi connectivity index (χ1v) is 25.7. The molecule has 0 atom stereocenters. The quantitative estimate of drug-likeness (QED) is 0.101.